The summed E-state index contributed by atoms with van der Waals surface area (Å²) >= 11 is 1.98. The van der Waals surface area contributed by atoms with Crippen LogP contribution in [0.5, 0.6) is 0 Å². The molecule has 0 radical (unpaired) electrons. The third kappa shape index (κ3) is 2.61. The monoisotopic (exact) mass is 324 g/mol. The van der Waals surface area contributed by atoms with Crippen molar-refractivity contribution in [2.24, 2.45) is 0 Å². The highest BCUT2D eigenvalue weighted by Crippen LogP contribution is 2.40. The first-order chi connectivity index (χ1) is 11.3. The molecule has 0 atom stereocenters. The Balaban J connectivity index is 1.75. The van der Waals surface area contributed by atoms with Crippen molar-refractivity contribution in [3.63, 3.8) is 0 Å². The number of nitrogens with zero attached hydrogens (tertiary/aromatic N) is 1. The van der Waals surface area contributed by atoms with E-state index in [9.17, 15) is 4.79 Å². The van der Waals surface area contributed by atoms with Crippen molar-refractivity contribution >= 4 is 23.4 Å². The zero-order valence-corrected chi connectivity index (χ0v) is 13.8. The molecule has 0 bridgehead atoms. The maximum atomic E-state index is 13.2. The van der Waals surface area contributed by atoms with Crippen molar-refractivity contribution in [1.82, 2.24) is 4.90 Å². The molecule has 0 aromatic heterocycles. The first kappa shape index (κ1) is 14.6. The van der Waals surface area contributed by atoms with E-state index in [1.54, 1.807) is 0 Å². The molecule has 0 unspecified atom stereocenters. The van der Waals surface area contributed by atoms with Gasteiger partial charge in [-0.15, -0.1) is 0 Å². The van der Waals surface area contributed by atoms with Gasteiger partial charge >= 0.3 is 0 Å². The summed E-state index contributed by atoms with van der Waals surface area (Å²) in [6.07, 6.45) is 1.98. The summed E-state index contributed by atoms with van der Waals surface area (Å²) in [6, 6.07) is 18.2. The number of para-hydroxylation sites is 1. The van der Waals surface area contributed by atoms with Gasteiger partial charge in [0.1, 0.15) is 5.66 Å². The highest BCUT2D eigenvalue weighted by Gasteiger charge is 2.45. The van der Waals surface area contributed by atoms with E-state index in [1.807, 2.05) is 54.2 Å². The Morgan fingerprint density at radius 3 is 2.48 bits per heavy atom. The fourth-order valence-corrected chi connectivity index (χ4v) is 4.70. The highest BCUT2D eigenvalue weighted by molar-refractivity contribution is 7.99. The smallest absolute Gasteiger partial charge is 0.258 e. The Labute approximate surface area is 141 Å². The third-order valence-corrected chi connectivity index (χ3v) is 5.78. The van der Waals surface area contributed by atoms with E-state index in [1.165, 1.54) is 5.56 Å². The van der Waals surface area contributed by atoms with Gasteiger partial charge in [0.05, 0.1) is 5.56 Å². The Bertz CT molecular complexity index is 710. The maximum absolute atomic E-state index is 13.2. The van der Waals surface area contributed by atoms with Gasteiger partial charge in [-0.05, 0) is 42.0 Å². The van der Waals surface area contributed by atoms with Crippen molar-refractivity contribution < 1.29 is 4.79 Å². The number of anilines is 1. The molecule has 2 aliphatic heterocycles. The molecule has 3 nitrogen and oxygen atoms in total. The maximum Gasteiger partial charge on any atom is 0.258 e. The van der Waals surface area contributed by atoms with E-state index < -0.39 is 0 Å². The van der Waals surface area contributed by atoms with Crippen molar-refractivity contribution in [3.8, 4) is 0 Å². The molecule has 118 valence electrons. The van der Waals surface area contributed by atoms with Crippen molar-refractivity contribution in [1.29, 1.82) is 0 Å². The standard InChI is InChI=1S/C19H20N2OS/c22-18-16-8-4-5-9-17(16)20-19(10-12-23-13-11-19)21(18)14-15-6-2-1-3-7-15/h1-9,20H,10-14H2. The van der Waals surface area contributed by atoms with Crippen LogP contribution in [0.25, 0.3) is 0 Å². The lowest BCUT2D eigenvalue weighted by molar-refractivity contribution is 0.0452. The molecule has 4 rings (SSSR count). The van der Waals surface area contributed by atoms with Gasteiger partial charge in [-0.3, -0.25) is 4.79 Å². The lowest BCUT2D eigenvalue weighted by atomic mass is 9.93. The summed E-state index contributed by atoms with van der Waals surface area (Å²) < 4.78 is 0. The Morgan fingerprint density at radius 1 is 1.00 bits per heavy atom. The molecule has 0 aliphatic carbocycles. The third-order valence-electron chi connectivity index (χ3n) is 4.79. The average Bonchev–Trinajstić information content (AvgIpc) is 2.60. The van der Waals surface area contributed by atoms with Crippen LogP contribution >= 0.6 is 11.8 Å². The quantitative estimate of drug-likeness (QED) is 0.907. The number of benzene rings is 2. The highest BCUT2D eigenvalue weighted by atomic mass is 32.2. The van der Waals surface area contributed by atoms with Crippen LogP contribution in [-0.2, 0) is 6.54 Å². The van der Waals surface area contributed by atoms with E-state index in [4.69, 9.17) is 0 Å². The number of hydrogen-bond acceptors (Lipinski definition) is 3. The lowest BCUT2D eigenvalue weighted by Crippen LogP contribution is -2.61. The van der Waals surface area contributed by atoms with Gasteiger partial charge in [0.25, 0.3) is 5.91 Å². The number of nitrogens with one attached hydrogen (secondary N) is 1. The minimum atomic E-state index is -0.244. The molecule has 1 spiro atoms. The van der Waals surface area contributed by atoms with Crippen LogP contribution < -0.4 is 5.32 Å². The van der Waals surface area contributed by atoms with E-state index in [2.05, 4.69) is 22.3 Å². The molecule has 2 aromatic rings. The minimum absolute atomic E-state index is 0.148. The fraction of sp³-hybridized carbons (Fsp3) is 0.316. The van der Waals surface area contributed by atoms with E-state index in [0.29, 0.717) is 6.54 Å². The number of amides is 1. The number of fused-ring (bicyclic) bond motifs is 1. The lowest BCUT2D eigenvalue weighted by Gasteiger charge is -2.50. The van der Waals surface area contributed by atoms with E-state index >= 15 is 0 Å². The molecule has 1 N–H and O–H groups in total. The number of rotatable bonds is 2. The first-order valence-corrected chi connectivity index (χ1v) is 9.25. The number of carbonyl (C=O) groups excluding carboxylic acids is 1. The van der Waals surface area contributed by atoms with E-state index in [0.717, 1.165) is 35.6 Å². The molecule has 2 aliphatic rings. The Morgan fingerprint density at radius 2 is 1.70 bits per heavy atom. The topological polar surface area (TPSA) is 32.3 Å². The van der Waals surface area contributed by atoms with Crippen molar-refractivity contribution in [2.75, 3.05) is 16.8 Å². The molecule has 1 amide bonds. The molecule has 1 saturated heterocycles. The number of thioether (sulfide) groups is 1. The average molecular weight is 324 g/mol. The number of hydrogen-bond donors (Lipinski definition) is 1. The Hall–Kier alpha value is -1.94. The van der Waals surface area contributed by atoms with Gasteiger partial charge in [0.15, 0.2) is 0 Å². The summed E-state index contributed by atoms with van der Waals surface area (Å²) in [7, 11) is 0. The van der Waals surface area contributed by atoms with Crippen LogP contribution in [0.4, 0.5) is 5.69 Å². The molecule has 23 heavy (non-hydrogen) atoms. The predicted octanol–water partition coefficient (Wildman–Crippen LogP) is 3.98. The summed E-state index contributed by atoms with van der Waals surface area (Å²) in [5.74, 6) is 2.33. The van der Waals surface area contributed by atoms with Gasteiger partial charge in [-0.1, -0.05) is 42.5 Å². The van der Waals surface area contributed by atoms with Gasteiger partial charge < -0.3 is 10.2 Å². The van der Waals surface area contributed by atoms with Gasteiger partial charge in [-0.2, -0.15) is 11.8 Å². The minimum Gasteiger partial charge on any atom is -0.362 e. The molecule has 1 fully saturated rings. The number of carbonyl (C=O) groups is 1. The molecule has 4 heteroatoms. The summed E-state index contributed by atoms with van der Waals surface area (Å²) in [5.41, 5.74) is 2.70. The van der Waals surface area contributed by atoms with Crippen LogP contribution in [0.1, 0.15) is 28.8 Å². The zero-order valence-electron chi connectivity index (χ0n) is 13.0. The van der Waals surface area contributed by atoms with Gasteiger partial charge in [0, 0.05) is 12.2 Å². The van der Waals surface area contributed by atoms with Gasteiger partial charge in [-0.25, -0.2) is 0 Å². The van der Waals surface area contributed by atoms with Crippen molar-refractivity contribution in [2.45, 2.75) is 25.0 Å². The second kappa shape index (κ2) is 5.93. The largest absolute Gasteiger partial charge is 0.362 e. The SMILES string of the molecule is O=C1c2ccccc2NC2(CCSCC2)N1Cc1ccccc1. The van der Waals surface area contributed by atoms with E-state index in [-0.39, 0.29) is 11.6 Å². The van der Waals surface area contributed by atoms with Crippen LogP contribution in [0.15, 0.2) is 54.6 Å². The van der Waals surface area contributed by atoms with Crippen LogP contribution in [-0.4, -0.2) is 28.0 Å². The molecule has 2 aromatic carbocycles. The first-order valence-electron chi connectivity index (χ1n) is 8.09. The van der Waals surface area contributed by atoms with Crippen LogP contribution in [0.3, 0.4) is 0 Å². The fourth-order valence-electron chi connectivity index (χ4n) is 3.53. The van der Waals surface area contributed by atoms with Crippen molar-refractivity contribution in [3.05, 3.63) is 65.7 Å². The summed E-state index contributed by atoms with van der Waals surface area (Å²) in [4.78, 5) is 15.2. The Kier molecular flexibility index (Phi) is 3.77. The normalized spacial score (nSPS) is 19.3. The molecule has 0 saturated carbocycles. The molecular weight excluding hydrogens is 304 g/mol. The second-order valence-corrected chi connectivity index (χ2v) is 7.42. The summed E-state index contributed by atoms with van der Waals surface area (Å²) in [5, 5.41) is 3.70. The predicted molar refractivity (Wildman–Crippen MR) is 95.7 cm³/mol. The van der Waals surface area contributed by atoms with Gasteiger partial charge in [0.2, 0.25) is 0 Å². The zero-order chi connectivity index (χ0) is 15.7. The molecule has 2 heterocycles. The van der Waals surface area contributed by atoms with Crippen LogP contribution in [0, 0.1) is 0 Å². The summed E-state index contributed by atoms with van der Waals surface area (Å²) in [6.45, 7) is 0.658. The molecular formula is C19H20N2OS. The second-order valence-electron chi connectivity index (χ2n) is 6.19. The van der Waals surface area contributed by atoms with Crippen LogP contribution in [0.2, 0.25) is 0 Å².